The predicted molar refractivity (Wildman–Crippen MR) is 106 cm³/mol. The van der Waals surface area contributed by atoms with Gasteiger partial charge in [0.05, 0.1) is 18.9 Å². The zero-order valence-electron chi connectivity index (χ0n) is 31.8. The van der Waals surface area contributed by atoms with E-state index in [2.05, 4.69) is 0 Å². The van der Waals surface area contributed by atoms with Gasteiger partial charge in [-0.25, -0.2) is 0 Å². The summed E-state index contributed by atoms with van der Waals surface area (Å²) >= 11 is 0. The van der Waals surface area contributed by atoms with E-state index in [0.29, 0.717) is 0 Å². The molecule has 0 atom stereocenters. The first kappa shape index (κ1) is 4.39. The van der Waals surface area contributed by atoms with E-state index in [1.54, 1.807) is 0 Å². The van der Waals surface area contributed by atoms with Gasteiger partial charge in [0.25, 0.3) is 0 Å². The molecular weight excluding hydrogens is 298 g/mol. The fourth-order valence-electron chi connectivity index (χ4n) is 2.48. The minimum Gasteiger partial charge on any atom is -0.344 e. The number of aromatic nitrogens is 1. The Labute approximate surface area is 164 Å². The van der Waals surface area contributed by atoms with Crippen molar-refractivity contribution in [3.63, 3.8) is 0 Å². The third-order valence-corrected chi connectivity index (χ3v) is 5.83. The van der Waals surface area contributed by atoms with Gasteiger partial charge in [0.2, 0.25) is 0 Å². The van der Waals surface area contributed by atoms with E-state index in [-0.39, 0.29) is 21.8 Å². The van der Waals surface area contributed by atoms with Crippen LogP contribution in [0.4, 0.5) is 0 Å². The summed E-state index contributed by atoms with van der Waals surface area (Å²) in [4.78, 5) is 0. The Morgan fingerprint density at radius 2 is 1.18 bits per heavy atom. The molecule has 3 rings (SSSR count). The summed E-state index contributed by atoms with van der Waals surface area (Å²) in [7, 11) is -9.93. The molecule has 1 nitrogen and oxygen atoms in total. The van der Waals surface area contributed by atoms with E-state index < -0.39 is 77.5 Å². The van der Waals surface area contributed by atoms with Crippen molar-refractivity contribution in [2.24, 2.45) is 7.05 Å². The van der Waals surface area contributed by atoms with Crippen LogP contribution in [0.25, 0.3) is 21.8 Å². The number of benzene rings is 2. The molecule has 0 aliphatic heterocycles. The van der Waals surface area contributed by atoms with Crippen LogP contribution in [-0.4, -0.2) is 20.7 Å². The maximum absolute atomic E-state index is 8.99. The Hall–Kier alpha value is -1.33. The highest BCUT2D eigenvalue weighted by Gasteiger charge is 2.20. The highest BCUT2D eigenvalue weighted by Crippen LogP contribution is 2.27. The van der Waals surface area contributed by atoms with Gasteiger partial charge < -0.3 is 4.57 Å². The zero-order valence-corrected chi connectivity index (χ0v) is 13.8. The van der Waals surface area contributed by atoms with Crippen LogP contribution in [0, 0.1) is 0 Å². The van der Waals surface area contributed by atoms with E-state index in [0.717, 1.165) is 12.1 Å². The maximum atomic E-state index is 8.99. The Bertz CT molecular complexity index is 1340. The Morgan fingerprint density at radius 1 is 0.773 bits per heavy atom. The number of rotatable bonds is 2. The molecular formula is C19H27NSi2. The molecule has 3 heteroatoms. The molecule has 0 aliphatic carbocycles. The third-order valence-electron chi connectivity index (χ3n) is 3.63. The van der Waals surface area contributed by atoms with Gasteiger partial charge in [-0.2, -0.15) is 0 Å². The van der Waals surface area contributed by atoms with Gasteiger partial charge >= 0.3 is 0 Å². The van der Waals surface area contributed by atoms with Crippen LogP contribution in [0.2, 0.25) is 38.9 Å². The highest BCUT2D eigenvalue weighted by molar-refractivity contribution is 6.89. The zero-order chi connectivity index (χ0) is 33.0. The number of nitrogens with zero attached hydrogens (tertiary/aromatic N) is 1. The summed E-state index contributed by atoms with van der Waals surface area (Å²) in [6.07, 6.45) is 0. The van der Waals surface area contributed by atoms with Crippen molar-refractivity contribution in [1.82, 2.24) is 4.57 Å². The summed E-state index contributed by atoms with van der Waals surface area (Å²) in [5.41, 5.74) is 0.190. The lowest BCUT2D eigenvalue weighted by Gasteiger charge is -2.17. The van der Waals surface area contributed by atoms with Crippen LogP contribution in [0.5, 0.6) is 0 Å². The molecule has 0 saturated carbocycles. The summed E-state index contributed by atoms with van der Waals surface area (Å²) in [5, 5.41) is -2.21. The number of aryl methyl sites for hydroxylation is 1. The molecule has 0 amide bonds. The van der Waals surface area contributed by atoms with Crippen molar-refractivity contribution in [3.8, 4) is 0 Å². The minimum absolute atomic E-state index is 0.0952. The number of hydrogen-bond donors (Lipinski definition) is 0. The first-order valence-electron chi connectivity index (χ1n) is 16.5. The molecule has 1 heterocycles. The highest BCUT2D eigenvalue weighted by atomic mass is 28.3. The molecule has 2 aromatic carbocycles. The van der Waals surface area contributed by atoms with E-state index >= 15 is 0 Å². The Kier molecular flexibility index (Phi) is 0.965. The van der Waals surface area contributed by atoms with Gasteiger partial charge in [0.1, 0.15) is 0 Å². The average molecular weight is 346 g/mol. The molecule has 1 aromatic heterocycles. The van der Waals surface area contributed by atoms with Crippen LogP contribution in [0.15, 0.2) is 36.4 Å². The Balaban J connectivity index is 2.72. The van der Waals surface area contributed by atoms with E-state index in [1.165, 1.54) is 23.7 Å². The lowest BCUT2D eigenvalue weighted by Crippen LogP contribution is -2.37. The van der Waals surface area contributed by atoms with Crippen LogP contribution in [0.3, 0.4) is 0 Å². The third kappa shape index (κ3) is 2.46. The summed E-state index contributed by atoms with van der Waals surface area (Å²) in [6.45, 7) is -21.4. The van der Waals surface area contributed by atoms with Crippen LogP contribution in [0.1, 0.15) is 27.4 Å². The van der Waals surface area contributed by atoms with Gasteiger partial charge in [0.15, 0.2) is 0 Å². The Morgan fingerprint density at radius 3 is 1.55 bits per heavy atom. The molecule has 0 radical (unpaired) electrons. The molecule has 22 heavy (non-hydrogen) atoms. The molecule has 0 unspecified atom stereocenters. The molecule has 0 bridgehead atoms. The topological polar surface area (TPSA) is 4.93 Å². The number of fused-ring (bicyclic) bond motifs is 3. The quantitative estimate of drug-likeness (QED) is 0.606. The lowest BCUT2D eigenvalue weighted by molar-refractivity contribution is 1.01. The van der Waals surface area contributed by atoms with Crippen molar-refractivity contribution in [1.29, 1.82) is 0 Å². The molecule has 116 valence electrons. The summed E-state index contributed by atoms with van der Waals surface area (Å²) in [5.74, 6) is 0. The molecule has 3 aromatic rings. The average Bonchev–Trinajstić information content (AvgIpc) is 2.99. The second-order valence-electron chi connectivity index (χ2n) is 5.32. The van der Waals surface area contributed by atoms with E-state index in [4.69, 9.17) is 27.4 Å². The smallest absolute Gasteiger partial charge is 0.0776 e. The number of hydrogen-bond acceptors (Lipinski definition) is 0. The maximum Gasteiger partial charge on any atom is 0.0776 e. The normalized spacial score (nSPS) is 30.0. The molecule has 0 N–H and O–H groups in total. The largest absolute Gasteiger partial charge is 0.344 e. The SMILES string of the molecule is [2H]c1c([Si](C([2H])([2H])[2H])(C([2H])([2H])[2H])C([2H])([2H])[2H])ccc2c1c1c([2H])c([Si](C([2H])([2H])[2H])(C([2H])([2H])[2H])C([2H])([2H])[2H])ccc1n2C. The van der Waals surface area contributed by atoms with Crippen molar-refractivity contribution < 1.29 is 27.4 Å². The lowest BCUT2D eigenvalue weighted by atomic mass is 10.1. The van der Waals surface area contributed by atoms with Crippen LogP contribution >= 0.6 is 0 Å². The fourth-order valence-corrected chi connectivity index (χ4v) is 3.77. The summed E-state index contributed by atoms with van der Waals surface area (Å²) in [6, 6.07) is 2.60. The van der Waals surface area contributed by atoms with Crippen molar-refractivity contribution in [3.05, 3.63) is 36.4 Å². The van der Waals surface area contributed by atoms with Crippen LogP contribution < -0.4 is 10.4 Å². The van der Waals surface area contributed by atoms with Crippen LogP contribution in [-0.2, 0) is 7.05 Å². The molecule has 0 spiro atoms. The van der Waals surface area contributed by atoms with Crippen molar-refractivity contribution >= 4 is 48.3 Å². The monoisotopic (exact) mass is 345 g/mol. The fraction of sp³-hybridized carbons (Fsp3) is 0.368. The van der Waals surface area contributed by atoms with Gasteiger partial charge in [-0.15, -0.1) is 0 Å². The first-order chi connectivity index (χ1) is 18.4. The van der Waals surface area contributed by atoms with Gasteiger partial charge in [-0.05, 0) is 12.1 Å². The first-order valence-corrected chi connectivity index (χ1v) is 10.5. The predicted octanol–water partition coefficient (Wildman–Crippen LogP) is 4.42. The van der Waals surface area contributed by atoms with E-state index in [1.807, 2.05) is 0 Å². The minimum atomic E-state index is -5.69. The molecule has 0 fully saturated rings. The van der Waals surface area contributed by atoms with Crippen molar-refractivity contribution in [2.75, 3.05) is 0 Å². The van der Waals surface area contributed by atoms with Gasteiger partial charge in [0, 0.05) is 53.5 Å². The van der Waals surface area contributed by atoms with Gasteiger partial charge in [-0.3, -0.25) is 0 Å². The standard InChI is InChI=1S/C19H27NSi2/c1-20-18-10-8-14(21(2,3)4)12-16(18)17-13-15(22(5,6)7)9-11-19(17)20/h8-13H,1-7H3/i2D3,3D3,4D3,5D3,6D3,7D3,12D,13D. The summed E-state index contributed by atoms with van der Waals surface area (Å²) < 4.78 is 165. The second kappa shape index (κ2) is 4.83. The molecule has 0 aliphatic rings. The molecule has 0 saturated heterocycles. The van der Waals surface area contributed by atoms with Crippen molar-refractivity contribution in [2.45, 2.75) is 38.9 Å². The van der Waals surface area contributed by atoms with Gasteiger partial charge in [-0.1, -0.05) is 73.4 Å². The van der Waals surface area contributed by atoms with E-state index in [9.17, 15) is 0 Å². The second-order valence-corrected chi connectivity index (χ2v) is 9.40.